The van der Waals surface area contributed by atoms with E-state index in [-0.39, 0.29) is 24.0 Å². The van der Waals surface area contributed by atoms with Gasteiger partial charge in [0.05, 0.1) is 11.6 Å². The molecule has 0 saturated heterocycles. The maximum absolute atomic E-state index is 13.7. The Morgan fingerprint density at radius 3 is 3.05 bits per heavy atom. The van der Waals surface area contributed by atoms with Crippen LogP contribution in [0, 0.1) is 11.6 Å². The van der Waals surface area contributed by atoms with Gasteiger partial charge in [0.2, 0.25) is 0 Å². The summed E-state index contributed by atoms with van der Waals surface area (Å²) in [6.45, 7) is 3.99. The molecule has 1 atom stereocenters. The Labute approximate surface area is 109 Å². The molecule has 0 saturated carbocycles. The van der Waals surface area contributed by atoms with E-state index in [2.05, 4.69) is 11.9 Å². The number of halogens is 2. The Morgan fingerprint density at radius 1 is 1.63 bits per heavy atom. The van der Waals surface area contributed by atoms with E-state index in [9.17, 15) is 13.6 Å². The van der Waals surface area contributed by atoms with Crippen LogP contribution in [0.15, 0.2) is 24.8 Å². The number of carbonyl (C=O) groups is 1. The van der Waals surface area contributed by atoms with E-state index in [0.29, 0.717) is 6.54 Å². The fourth-order valence-electron chi connectivity index (χ4n) is 1.92. The van der Waals surface area contributed by atoms with Gasteiger partial charge >= 0.3 is 6.03 Å². The second-order valence-electron chi connectivity index (χ2n) is 4.28. The number of urea groups is 1. The third-order valence-electron chi connectivity index (χ3n) is 2.86. The summed E-state index contributed by atoms with van der Waals surface area (Å²) < 4.78 is 31.9. The fraction of sp³-hybridized carbons (Fsp3) is 0.308. The summed E-state index contributed by atoms with van der Waals surface area (Å²) in [6.07, 6.45) is 1.58. The third-order valence-corrected chi connectivity index (χ3v) is 2.86. The first kappa shape index (κ1) is 13.3. The number of nitrogens with zero attached hydrogens (tertiary/aromatic N) is 1. The van der Waals surface area contributed by atoms with Gasteiger partial charge in [0.25, 0.3) is 0 Å². The van der Waals surface area contributed by atoms with Crippen LogP contribution in [-0.2, 0) is 0 Å². The van der Waals surface area contributed by atoms with E-state index in [0.717, 1.165) is 12.1 Å². The Hall–Kier alpha value is -2.11. The van der Waals surface area contributed by atoms with E-state index < -0.39 is 17.7 Å². The first-order chi connectivity index (χ1) is 9.02. The Bertz CT molecular complexity index is 520. The topological polar surface area (TPSA) is 41.6 Å². The van der Waals surface area contributed by atoms with Crippen LogP contribution in [0.2, 0.25) is 0 Å². The molecule has 1 N–H and O–H groups in total. The van der Waals surface area contributed by atoms with Gasteiger partial charge in [0, 0.05) is 25.7 Å². The molecule has 19 heavy (non-hydrogen) atoms. The highest BCUT2D eigenvalue weighted by molar-refractivity contribution is 5.75. The number of amides is 2. The van der Waals surface area contributed by atoms with Crippen LogP contribution >= 0.6 is 0 Å². The summed E-state index contributed by atoms with van der Waals surface area (Å²) >= 11 is 0. The number of rotatable bonds is 3. The van der Waals surface area contributed by atoms with Crippen molar-refractivity contribution in [2.75, 3.05) is 20.2 Å². The molecule has 0 aliphatic carbocycles. The van der Waals surface area contributed by atoms with Crippen molar-refractivity contribution < 1.29 is 18.3 Å². The largest absolute Gasteiger partial charge is 0.490 e. The van der Waals surface area contributed by atoms with Crippen LogP contribution in [0.5, 0.6) is 5.75 Å². The number of ether oxygens (including phenoxy) is 1. The predicted octanol–water partition coefficient (Wildman–Crippen LogP) is 2.23. The molecule has 1 aliphatic heterocycles. The molecule has 1 aromatic carbocycles. The average Bonchev–Trinajstić information content (AvgIpc) is 2.72. The minimum absolute atomic E-state index is 0.0867. The number of fused-ring (bicyclic) bond motifs is 1. The molecule has 1 heterocycles. The van der Waals surface area contributed by atoms with Crippen LogP contribution in [0.4, 0.5) is 13.6 Å². The maximum atomic E-state index is 13.7. The standard InChI is InChI=1S/C13H14F2N2O2/c1-3-4-17(2)13(18)16-10-7-19-11-6-8(14)5-9(15)12(10)11/h3,5-6,10H,1,4,7H2,2H3,(H,16,18)/t10-/m1/s1. The van der Waals surface area contributed by atoms with Gasteiger partial charge in [-0.15, -0.1) is 6.58 Å². The smallest absolute Gasteiger partial charge is 0.318 e. The summed E-state index contributed by atoms with van der Waals surface area (Å²) in [5, 5.41) is 2.63. The highest BCUT2D eigenvalue weighted by Gasteiger charge is 2.30. The Balaban J connectivity index is 2.15. The van der Waals surface area contributed by atoms with E-state index in [1.165, 1.54) is 4.90 Å². The second kappa shape index (κ2) is 5.26. The number of benzene rings is 1. The van der Waals surface area contributed by atoms with Crippen LogP contribution in [-0.4, -0.2) is 31.1 Å². The van der Waals surface area contributed by atoms with Gasteiger partial charge in [0.1, 0.15) is 24.0 Å². The van der Waals surface area contributed by atoms with Gasteiger partial charge in [-0.3, -0.25) is 0 Å². The molecule has 0 bridgehead atoms. The van der Waals surface area contributed by atoms with Gasteiger partial charge in [-0.1, -0.05) is 6.08 Å². The molecule has 102 valence electrons. The first-order valence-electron chi connectivity index (χ1n) is 5.77. The van der Waals surface area contributed by atoms with Crippen molar-refractivity contribution in [3.05, 3.63) is 42.0 Å². The van der Waals surface area contributed by atoms with E-state index >= 15 is 0 Å². The lowest BCUT2D eigenvalue weighted by molar-refractivity contribution is 0.204. The van der Waals surface area contributed by atoms with Crippen LogP contribution in [0.25, 0.3) is 0 Å². The van der Waals surface area contributed by atoms with Crippen LogP contribution < -0.4 is 10.1 Å². The number of hydrogen-bond acceptors (Lipinski definition) is 2. The van der Waals surface area contributed by atoms with Crippen molar-refractivity contribution in [1.82, 2.24) is 10.2 Å². The van der Waals surface area contributed by atoms with E-state index in [4.69, 9.17) is 4.74 Å². The fourth-order valence-corrected chi connectivity index (χ4v) is 1.92. The molecule has 0 spiro atoms. The van der Waals surface area contributed by atoms with Gasteiger partial charge < -0.3 is 15.0 Å². The number of nitrogens with one attached hydrogen (secondary N) is 1. The lowest BCUT2D eigenvalue weighted by Crippen LogP contribution is -2.40. The van der Waals surface area contributed by atoms with Gasteiger partial charge in [-0.05, 0) is 0 Å². The molecule has 0 fully saturated rings. The van der Waals surface area contributed by atoms with Gasteiger partial charge in [-0.25, -0.2) is 13.6 Å². The molecule has 6 heteroatoms. The highest BCUT2D eigenvalue weighted by Crippen LogP contribution is 2.35. The zero-order valence-electron chi connectivity index (χ0n) is 10.5. The SMILES string of the molecule is C=CCN(C)C(=O)N[C@@H]1COc2cc(F)cc(F)c21. The minimum atomic E-state index is -0.718. The number of hydrogen-bond donors (Lipinski definition) is 1. The summed E-state index contributed by atoms with van der Waals surface area (Å²) in [6, 6.07) is 0.901. The van der Waals surface area contributed by atoms with Crippen molar-refractivity contribution in [3.63, 3.8) is 0 Å². The predicted molar refractivity (Wildman–Crippen MR) is 66.0 cm³/mol. The van der Waals surface area contributed by atoms with Gasteiger partial charge in [0.15, 0.2) is 0 Å². The maximum Gasteiger partial charge on any atom is 0.318 e. The van der Waals surface area contributed by atoms with Crippen molar-refractivity contribution >= 4 is 6.03 Å². The molecule has 0 unspecified atom stereocenters. The molecule has 2 rings (SSSR count). The van der Waals surface area contributed by atoms with Crippen molar-refractivity contribution in [1.29, 1.82) is 0 Å². The minimum Gasteiger partial charge on any atom is -0.490 e. The summed E-state index contributed by atoms with van der Waals surface area (Å²) in [7, 11) is 1.59. The first-order valence-corrected chi connectivity index (χ1v) is 5.77. The van der Waals surface area contributed by atoms with Crippen molar-refractivity contribution in [2.45, 2.75) is 6.04 Å². The number of carbonyl (C=O) groups excluding carboxylic acids is 1. The highest BCUT2D eigenvalue weighted by atomic mass is 19.1. The molecule has 0 radical (unpaired) electrons. The van der Waals surface area contributed by atoms with Crippen molar-refractivity contribution in [3.8, 4) is 5.75 Å². The molecular formula is C13H14F2N2O2. The summed E-state index contributed by atoms with van der Waals surface area (Å²) in [5.41, 5.74) is 0.182. The van der Waals surface area contributed by atoms with Gasteiger partial charge in [-0.2, -0.15) is 0 Å². The van der Waals surface area contributed by atoms with Crippen molar-refractivity contribution in [2.24, 2.45) is 0 Å². The monoisotopic (exact) mass is 268 g/mol. The average molecular weight is 268 g/mol. The molecule has 0 aromatic heterocycles. The van der Waals surface area contributed by atoms with Crippen LogP contribution in [0.3, 0.4) is 0 Å². The summed E-state index contributed by atoms with van der Waals surface area (Å²) in [4.78, 5) is 13.2. The lowest BCUT2D eigenvalue weighted by Gasteiger charge is -2.19. The Morgan fingerprint density at radius 2 is 2.37 bits per heavy atom. The number of likely N-dealkylation sites (N-methyl/N-ethyl adjacent to an activating group) is 1. The normalized spacial score (nSPS) is 16.5. The molecule has 1 aromatic rings. The second-order valence-corrected chi connectivity index (χ2v) is 4.28. The lowest BCUT2D eigenvalue weighted by atomic mass is 10.1. The molecule has 1 aliphatic rings. The summed E-state index contributed by atoms with van der Waals surface area (Å²) in [5.74, 6) is -1.29. The van der Waals surface area contributed by atoms with Crippen LogP contribution in [0.1, 0.15) is 11.6 Å². The quantitative estimate of drug-likeness (QED) is 0.854. The molecule has 4 nitrogen and oxygen atoms in total. The Kier molecular flexibility index (Phi) is 3.69. The van der Waals surface area contributed by atoms with E-state index in [1.54, 1.807) is 13.1 Å². The van der Waals surface area contributed by atoms with E-state index in [1.807, 2.05) is 0 Å². The third kappa shape index (κ3) is 2.67. The molecule has 2 amide bonds. The molecular weight excluding hydrogens is 254 g/mol. The zero-order chi connectivity index (χ0) is 14.0. The zero-order valence-corrected chi connectivity index (χ0v) is 10.5.